The van der Waals surface area contributed by atoms with Crippen molar-refractivity contribution in [1.82, 2.24) is 4.90 Å². The Morgan fingerprint density at radius 3 is 2.06 bits per heavy atom. The monoisotopic (exact) mass is 255 g/mol. The summed E-state index contributed by atoms with van der Waals surface area (Å²) in [4.78, 5) is 2.66. The smallest absolute Gasteiger partial charge is 0.151 e. The standard InChI is InChI=1S/C13H21NO2S/c15-17(16)8-13(9-17)1-3-14(4-2-13)12-6-10-5-11(10)7-12/h10-12H,1-9H2/t10-,11+,12?. The zero-order valence-electron chi connectivity index (χ0n) is 10.3. The molecule has 0 radical (unpaired) electrons. The lowest BCUT2D eigenvalue weighted by molar-refractivity contribution is 0.0861. The molecule has 4 rings (SSSR count). The number of rotatable bonds is 1. The van der Waals surface area contributed by atoms with Gasteiger partial charge in [0, 0.05) is 11.5 Å². The van der Waals surface area contributed by atoms with E-state index in [2.05, 4.69) is 4.90 Å². The summed E-state index contributed by atoms with van der Waals surface area (Å²) >= 11 is 0. The summed E-state index contributed by atoms with van der Waals surface area (Å²) in [5.74, 6) is 3.06. The molecule has 2 saturated carbocycles. The summed E-state index contributed by atoms with van der Waals surface area (Å²) in [5, 5.41) is 0. The van der Waals surface area contributed by atoms with Crippen LogP contribution in [0.2, 0.25) is 0 Å². The molecule has 3 atom stereocenters. The first-order chi connectivity index (χ1) is 8.05. The fraction of sp³-hybridized carbons (Fsp3) is 1.00. The maximum Gasteiger partial charge on any atom is 0.151 e. The van der Waals surface area contributed by atoms with Crippen LogP contribution in [0.3, 0.4) is 0 Å². The van der Waals surface area contributed by atoms with Gasteiger partial charge in [-0.1, -0.05) is 0 Å². The molecule has 0 N–H and O–H groups in total. The van der Waals surface area contributed by atoms with E-state index in [9.17, 15) is 8.42 Å². The van der Waals surface area contributed by atoms with Gasteiger partial charge in [-0.05, 0) is 57.0 Å². The summed E-state index contributed by atoms with van der Waals surface area (Å²) in [6.45, 7) is 2.30. The van der Waals surface area contributed by atoms with Crippen molar-refractivity contribution in [2.45, 2.75) is 38.1 Å². The molecule has 0 aromatic rings. The zero-order chi connectivity index (χ0) is 11.7. The Kier molecular flexibility index (Phi) is 2.07. The van der Waals surface area contributed by atoms with Crippen molar-refractivity contribution >= 4 is 9.84 Å². The Balaban J connectivity index is 1.36. The molecular weight excluding hydrogens is 234 g/mol. The maximum absolute atomic E-state index is 11.3. The molecule has 3 nitrogen and oxygen atoms in total. The first-order valence-corrected chi connectivity index (χ1v) is 8.82. The number of likely N-dealkylation sites (tertiary alicyclic amines) is 1. The minimum atomic E-state index is -2.65. The third-order valence-corrected chi connectivity index (χ3v) is 7.75. The van der Waals surface area contributed by atoms with Gasteiger partial charge in [-0.3, -0.25) is 0 Å². The van der Waals surface area contributed by atoms with Gasteiger partial charge in [-0.2, -0.15) is 0 Å². The third kappa shape index (κ3) is 1.75. The molecule has 2 saturated heterocycles. The van der Waals surface area contributed by atoms with Gasteiger partial charge >= 0.3 is 0 Å². The fourth-order valence-corrected chi connectivity index (χ4v) is 6.88. The average Bonchev–Trinajstić information content (AvgIpc) is 2.84. The van der Waals surface area contributed by atoms with Gasteiger partial charge in [0.1, 0.15) is 0 Å². The normalized spacial score (nSPS) is 46.5. The van der Waals surface area contributed by atoms with Crippen molar-refractivity contribution < 1.29 is 8.42 Å². The molecule has 17 heavy (non-hydrogen) atoms. The molecule has 2 heterocycles. The highest BCUT2D eigenvalue weighted by molar-refractivity contribution is 7.92. The van der Waals surface area contributed by atoms with Crippen LogP contribution in [0.1, 0.15) is 32.1 Å². The molecule has 2 aliphatic carbocycles. The van der Waals surface area contributed by atoms with Crippen LogP contribution in [0.15, 0.2) is 0 Å². The summed E-state index contributed by atoms with van der Waals surface area (Å²) in [5.41, 5.74) is 0.191. The van der Waals surface area contributed by atoms with E-state index in [4.69, 9.17) is 0 Å². The molecular formula is C13H21NO2S. The Morgan fingerprint density at radius 2 is 1.53 bits per heavy atom. The largest absolute Gasteiger partial charge is 0.300 e. The van der Waals surface area contributed by atoms with Crippen molar-refractivity contribution in [3.8, 4) is 0 Å². The number of hydrogen-bond acceptors (Lipinski definition) is 3. The molecule has 0 aromatic heterocycles. The van der Waals surface area contributed by atoms with Crippen LogP contribution in [-0.4, -0.2) is 44.0 Å². The first kappa shape index (κ1) is 10.8. The predicted molar refractivity (Wildman–Crippen MR) is 66.5 cm³/mol. The van der Waals surface area contributed by atoms with Gasteiger partial charge in [-0.25, -0.2) is 8.42 Å². The number of nitrogens with zero attached hydrogens (tertiary/aromatic N) is 1. The van der Waals surface area contributed by atoms with E-state index in [0.717, 1.165) is 43.8 Å². The van der Waals surface area contributed by atoms with Gasteiger partial charge in [0.15, 0.2) is 9.84 Å². The quantitative estimate of drug-likeness (QED) is 0.708. The number of sulfone groups is 1. The second-order valence-electron chi connectivity index (χ2n) is 6.95. The molecule has 96 valence electrons. The maximum atomic E-state index is 11.3. The highest BCUT2D eigenvalue weighted by atomic mass is 32.2. The molecule has 4 fully saturated rings. The number of piperidine rings is 1. The molecule has 1 spiro atoms. The van der Waals surface area contributed by atoms with Crippen molar-refractivity contribution in [3.63, 3.8) is 0 Å². The first-order valence-electron chi connectivity index (χ1n) is 7.00. The van der Waals surface area contributed by atoms with E-state index in [1.54, 1.807) is 0 Å². The SMILES string of the molecule is O=S1(=O)CC2(CCN(C3C[C@@H]4C[C@@H]4C3)CC2)C1. The third-order valence-electron chi connectivity index (χ3n) is 5.65. The van der Waals surface area contributed by atoms with Gasteiger partial charge in [0.2, 0.25) is 0 Å². The van der Waals surface area contributed by atoms with Crippen molar-refractivity contribution in [1.29, 1.82) is 0 Å². The lowest BCUT2D eigenvalue weighted by Crippen LogP contribution is -2.55. The topological polar surface area (TPSA) is 37.4 Å². The highest BCUT2D eigenvalue weighted by Crippen LogP contribution is 2.54. The second kappa shape index (κ2) is 3.27. The number of hydrogen-bond donors (Lipinski definition) is 0. The van der Waals surface area contributed by atoms with Gasteiger partial charge in [-0.15, -0.1) is 0 Å². The van der Waals surface area contributed by atoms with Crippen LogP contribution in [0.4, 0.5) is 0 Å². The second-order valence-corrected chi connectivity index (χ2v) is 9.01. The summed E-state index contributed by atoms with van der Waals surface area (Å²) in [7, 11) is -2.65. The van der Waals surface area contributed by atoms with E-state index >= 15 is 0 Å². The van der Waals surface area contributed by atoms with Crippen molar-refractivity contribution in [2.24, 2.45) is 17.3 Å². The minimum Gasteiger partial charge on any atom is -0.300 e. The Labute approximate surface area is 103 Å². The summed E-state index contributed by atoms with van der Waals surface area (Å²) in [6, 6.07) is 0.841. The van der Waals surface area contributed by atoms with E-state index in [1.807, 2.05) is 0 Å². The molecule has 1 unspecified atom stereocenters. The summed E-state index contributed by atoms with van der Waals surface area (Å²) < 4.78 is 22.7. The van der Waals surface area contributed by atoms with Gasteiger partial charge < -0.3 is 4.90 Å². The van der Waals surface area contributed by atoms with Crippen molar-refractivity contribution in [2.75, 3.05) is 24.6 Å². The van der Waals surface area contributed by atoms with E-state index in [0.29, 0.717) is 11.5 Å². The van der Waals surface area contributed by atoms with Crippen LogP contribution >= 0.6 is 0 Å². The van der Waals surface area contributed by atoms with E-state index < -0.39 is 9.84 Å². The van der Waals surface area contributed by atoms with Crippen LogP contribution in [0.5, 0.6) is 0 Å². The van der Waals surface area contributed by atoms with E-state index in [-0.39, 0.29) is 5.41 Å². The molecule has 4 aliphatic rings. The zero-order valence-corrected chi connectivity index (χ0v) is 11.1. The van der Waals surface area contributed by atoms with Crippen LogP contribution in [0, 0.1) is 17.3 Å². The van der Waals surface area contributed by atoms with Crippen LogP contribution < -0.4 is 0 Å². The molecule has 0 bridgehead atoms. The van der Waals surface area contributed by atoms with Crippen molar-refractivity contribution in [3.05, 3.63) is 0 Å². The molecule has 2 aliphatic heterocycles. The lowest BCUT2D eigenvalue weighted by atomic mass is 9.80. The van der Waals surface area contributed by atoms with Crippen LogP contribution in [0.25, 0.3) is 0 Å². The summed E-state index contributed by atoms with van der Waals surface area (Å²) in [6.07, 6.45) is 6.59. The minimum absolute atomic E-state index is 0.191. The molecule has 0 aromatic carbocycles. The van der Waals surface area contributed by atoms with Gasteiger partial charge in [0.05, 0.1) is 11.5 Å². The fourth-order valence-electron chi connectivity index (χ4n) is 4.52. The molecule has 0 amide bonds. The Bertz CT molecular complexity index is 412. The van der Waals surface area contributed by atoms with Gasteiger partial charge in [0.25, 0.3) is 0 Å². The lowest BCUT2D eigenvalue weighted by Gasteiger charge is -2.48. The predicted octanol–water partition coefficient (Wildman–Crippen LogP) is 1.30. The molecule has 4 heteroatoms. The average molecular weight is 255 g/mol. The van der Waals surface area contributed by atoms with E-state index in [1.165, 1.54) is 19.3 Å². The Morgan fingerprint density at radius 1 is 0.941 bits per heavy atom. The van der Waals surface area contributed by atoms with Crippen LogP contribution in [-0.2, 0) is 9.84 Å². The Hall–Kier alpha value is -0.0900. The number of fused-ring (bicyclic) bond motifs is 1. The highest BCUT2D eigenvalue weighted by Gasteiger charge is 2.52.